The first-order valence-corrected chi connectivity index (χ1v) is 13.4. The summed E-state index contributed by atoms with van der Waals surface area (Å²) in [5, 5.41) is 17.4. The van der Waals surface area contributed by atoms with Crippen molar-refractivity contribution in [2.45, 2.75) is 32.8 Å². The molecule has 12 nitrogen and oxygen atoms in total. The van der Waals surface area contributed by atoms with E-state index in [-0.39, 0.29) is 25.5 Å². The van der Waals surface area contributed by atoms with Crippen LogP contribution in [0.2, 0.25) is 0 Å². The van der Waals surface area contributed by atoms with Crippen LogP contribution in [0.15, 0.2) is 48.9 Å². The van der Waals surface area contributed by atoms with Crippen LogP contribution in [0.1, 0.15) is 33.0 Å². The number of nitrogens with zero attached hydrogens (tertiary/aromatic N) is 4. The lowest BCUT2D eigenvalue weighted by Crippen LogP contribution is -2.34. The Morgan fingerprint density at radius 1 is 1.07 bits per heavy atom. The van der Waals surface area contributed by atoms with Gasteiger partial charge in [-0.15, -0.1) is 0 Å². The number of amides is 2. The lowest BCUT2D eigenvalue weighted by molar-refractivity contribution is -0.157. The molecule has 0 aliphatic rings. The van der Waals surface area contributed by atoms with Crippen LogP contribution in [0, 0.1) is 0 Å². The SMILES string of the molecule is CCNC(=O)Nc1nc2cc(-c3cnc(C(C)(C)OC(=O)CNCCC(=O)O)nc3)cc(-c3ccccn3)c2s1. The quantitative estimate of drug-likeness (QED) is 0.156. The van der Waals surface area contributed by atoms with Crippen molar-refractivity contribution < 1.29 is 24.2 Å². The van der Waals surface area contributed by atoms with Crippen LogP contribution in [0.25, 0.3) is 32.6 Å². The number of carboxylic acids is 1. The van der Waals surface area contributed by atoms with E-state index in [9.17, 15) is 14.4 Å². The monoisotopic (exact) mass is 563 g/mol. The molecule has 0 spiro atoms. The fourth-order valence-corrected chi connectivity index (χ4v) is 4.77. The van der Waals surface area contributed by atoms with Crippen LogP contribution in [-0.4, -0.2) is 62.6 Å². The van der Waals surface area contributed by atoms with Crippen molar-refractivity contribution in [2.24, 2.45) is 0 Å². The van der Waals surface area contributed by atoms with E-state index in [1.165, 1.54) is 11.3 Å². The molecule has 0 aliphatic carbocycles. The summed E-state index contributed by atoms with van der Waals surface area (Å²) < 4.78 is 6.40. The summed E-state index contributed by atoms with van der Waals surface area (Å²) in [7, 11) is 0. The number of carbonyl (C=O) groups is 3. The molecule has 0 aliphatic heterocycles. The average Bonchev–Trinajstić information content (AvgIpc) is 3.33. The summed E-state index contributed by atoms with van der Waals surface area (Å²) in [5.74, 6) is -1.19. The van der Waals surface area contributed by atoms with Gasteiger partial charge in [-0.25, -0.2) is 19.7 Å². The van der Waals surface area contributed by atoms with E-state index in [4.69, 9.17) is 9.84 Å². The molecule has 3 heterocycles. The minimum atomic E-state index is -1.11. The molecule has 0 atom stereocenters. The van der Waals surface area contributed by atoms with Crippen LogP contribution in [0.3, 0.4) is 0 Å². The Labute approximate surface area is 234 Å². The van der Waals surface area contributed by atoms with Crippen molar-refractivity contribution in [3.8, 4) is 22.4 Å². The number of urea groups is 1. The van der Waals surface area contributed by atoms with Gasteiger partial charge in [-0.1, -0.05) is 17.4 Å². The van der Waals surface area contributed by atoms with Crippen LogP contribution in [0.4, 0.5) is 9.93 Å². The molecule has 4 N–H and O–H groups in total. The maximum atomic E-state index is 12.2. The van der Waals surface area contributed by atoms with Crippen LogP contribution in [0.5, 0.6) is 0 Å². The summed E-state index contributed by atoms with van der Waals surface area (Å²) in [6, 6.07) is 9.19. The Hall–Kier alpha value is -4.49. The number of esters is 1. The third-order valence-corrected chi connectivity index (χ3v) is 6.69. The Morgan fingerprint density at radius 3 is 2.52 bits per heavy atom. The summed E-state index contributed by atoms with van der Waals surface area (Å²) in [4.78, 5) is 53.0. The number of hydrogen-bond donors (Lipinski definition) is 4. The third kappa shape index (κ3) is 7.12. The first-order chi connectivity index (χ1) is 19.2. The molecular weight excluding hydrogens is 534 g/mol. The number of aromatic nitrogens is 4. The van der Waals surface area contributed by atoms with Gasteiger partial charge in [0.25, 0.3) is 0 Å². The number of aliphatic carboxylic acids is 1. The maximum absolute atomic E-state index is 12.2. The highest BCUT2D eigenvalue weighted by Gasteiger charge is 2.28. The molecular formula is C27H29N7O5S. The summed E-state index contributed by atoms with van der Waals surface area (Å²) in [6.45, 7) is 5.72. The number of hydrogen-bond acceptors (Lipinski definition) is 10. The highest BCUT2D eigenvalue weighted by atomic mass is 32.1. The van der Waals surface area contributed by atoms with Crippen molar-refractivity contribution in [1.29, 1.82) is 0 Å². The van der Waals surface area contributed by atoms with Gasteiger partial charge in [0.05, 0.1) is 28.9 Å². The van der Waals surface area contributed by atoms with E-state index in [1.54, 1.807) is 32.4 Å². The fourth-order valence-electron chi connectivity index (χ4n) is 3.81. The number of fused-ring (bicyclic) bond motifs is 1. The van der Waals surface area contributed by atoms with Crippen LogP contribution < -0.4 is 16.0 Å². The smallest absolute Gasteiger partial charge is 0.321 e. The number of pyridine rings is 1. The lowest BCUT2D eigenvalue weighted by Gasteiger charge is -2.23. The van der Waals surface area contributed by atoms with Gasteiger partial charge in [0, 0.05) is 42.8 Å². The number of anilines is 1. The van der Waals surface area contributed by atoms with Gasteiger partial charge in [-0.3, -0.25) is 19.9 Å². The molecule has 1 aromatic carbocycles. The van der Waals surface area contributed by atoms with Gasteiger partial charge in [-0.2, -0.15) is 0 Å². The Balaban J connectivity index is 1.59. The van der Waals surface area contributed by atoms with Gasteiger partial charge >= 0.3 is 18.0 Å². The molecule has 4 aromatic rings. The molecule has 4 rings (SSSR count). The van der Waals surface area contributed by atoms with Crippen LogP contribution in [-0.2, 0) is 19.9 Å². The molecule has 40 heavy (non-hydrogen) atoms. The number of carboxylic acid groups (broad SMARTS) is 1. The predicted molar refractivity (Wildman–Crippen MR) is 151 cm³/mol. The zero-order valence-corrected chi connectivity index (χ0v) is 23.0. The molecule has 0 fully saturated rings. The first-order valence-electron chi connectivity index (χ1n) is 12.5. The summed E-state index contributed by atoms with van der Waals surface area (Å²) in [6.07, 6.45) is 4.91. The molecule has 208 valence electrons. The summed E-state index contributed by atoms with van der Waals surface area (Å²) in [5.41, 5.74) is 2.69. The second-order valence-corrected chi connectivity index (χ2v) is 10.2. The van der Waals surface area contributed by atoms with Crippen molar-refractivity contribution in [3.05, 3.63) is 54.7 Å². The minimum Gasteiger partial charge on any atom is -0.481 e. The molecule has 0 saturated carbocycles. The third-order valence-electron chi connectivity index (χ3n) is 5.67. The Bertz CT molecular complexity index is 1510. The molecule has 3 aromatic heterocycles. The molecule has 0 unspecified atom stereocenters. The van der Waals surface area contributed by atoms with E-state index in [0.29, 0.717) is 28.6 Å². The average molecular weight is 564 g/mol. The predicted octanol–water partition coefficient (Wildman–Crippen LogP) is 3.80. The molecule has 0 saturated heterocycles. The first kappa shape index (κ1) is 28.5. The van der Waals surface area contributed by atoms with Crippen LogP contribution >= 0.6 is 11.3 Å². The van der Waals surface area contributed by atoms with Gasteiger partial charge in [-0.05, 0) is 50.6 Å². The number of carbonyl (C=O) groups excluding carboxylic acids is 2. The molecule has 0 bridgehead atoms. The van der Waals surface area contributed by atoms with E-state index in [1.807, 2.05) is 37.3 Å². The van der Waals surface area contributed by atoms with E-state index < -0.39 is 17.5 Å². The van der Waals surface area contributed by atoms with Gasteiger partial charge in [0.1, 0.15) is 0 Å². The summed E-state index contributed by atoms with van der Waals surface area (Å²) >= 11 is 1.36. The fraction of sp³-hybridized carbons (Fsp3) is 0.296. The number of ether oxygens (including phenoxy) is 1. The second kappa shape index (κ2) is 12.6. The maximum Gasteiger partial charge on any atom is 0.321 e. The van der Waals surface area contributed by atoms with Gasteiger partial charge in [0.15, 0.2) is 16.6 Å². The van der Waals surface area contributed by atoms with Gasteiger partial charge < -0.3 is 20.5 Å². The van der Waals surface area contributed by atoms with Gasteiger partial charge in [0.2, 0.25) is 0 Å². The van der Waals surface area contributed by atoms with Crippen molar-refractivity contribution in [3.63, 3.8) is 0 Å². The van der Waals surface area contributed by atoms with Crippen molar-refractivity contribution in [2.75, 3.05) is 25.0 Å². The Morgan fingerprint density at radius 2 is 1.85 bits per heavy atom. The molecule has 13 heteroatoms. The zero-order valence-electron chi connectivity index (χ0n) is 22.2. The number of rotatable bonds is 11. The Kier molecular flexibility index (Phi) is 8.97. The second-order valence-electron chi connectivity index (χ2n) is 9.19. The van der Waals surface area contributed by atoms with E-state index >= 15 is 0 Å². The highest BCUT2D eigenvalue weighted by Crippen LogP contribution is 2.38. The topological polar surface area (TPSA) is 168 Å². The zero-order chi connectivity index (χ0) is 28.7. The number of benzene rings is 1. The highest BCUT2D eigenvalue weighted by molar-refractivity contribution is 7.22. The largest absolute Gasteiger partial charge is 0.481 e. The van der Waals surface area contributed by atoms with Crippen molar-refractivity contribution in [1.82, 2.24) is 30.6 Å². The van der Waals surface area contributed by atoms with Crippen molar-refractivity contribution >= 4 is 44.7 Å². The number of nitrogens with one attached hydrogen (secondary N) is 3. The number of thiazole rings is 1. The van der Waals surface area contributed by atoms with E-state index in [2.05, 4.69) is 35.9 Å². The standard InChI is InChI=1S/C27H29N7O5S/c1-4-29-25(38)34-26-33-20-12-16(11-18(23(20)40-26)19-7-5-6-9-30-19)17-13-31-24(32-14-17)27(2,3)39-22(37)15-28-10-8-21(35)36/h5-7,9,11-14,28H,4,8,10,15H2,1-3H3,(H,35,36)(H2,29,33,34,38). The minimum absolute atomic E-state index is 0.0952. The lowest BCUT2D eigenvalue weighted by atomic mass is 10.0. The molecule has 2 amide bonds. The molecule has 0 radical (unpaired) electrons. The normalized spacial score (nSPS) is 11.3. The van der Waals surface area contributed by atoms with E-state index in [0.717, 1.165) is 21.5 Å².